The second kappa shape index (κ2) is 8.45. The van der Waals surface area contributed by atoms with Gasteiger partial charge in [-0.25, -0.2) is 8.78 Å². The minimum Gasteiger partial charge on any atom is -0.383 e. The van der Waals surface area contributed by atoms with Crippen molar-refractivity contribution in [3.63, 3.8) is 0 Å². The Kier molecular flexibility index (Phi) is 7.23. The lowest BCUT2D eigenvalue weighted by Gasteiger charge is -2.17. The van der Waals surface area contributed by atoms with Crippen molar-refractivity contribution < 1.29 is 13.5 Å². The van der Waals surface area contributed by atoms with Crippen LogP contribution in [0.2, 0.25) is 0 Å². The van der Waals surface area contributed by atoms with E-state index < -0.39 is 11.6 Å². The van der Waals surface area contributed by atoms with E-state index in [-0.39, 0.29) is 6.04 Å². The first kappa shape index (κ1) is 15.4. The average molecular weight is 275 g/mol. The van der Waals surface area contributed by atoms with Crippen LogP contribution in [0.5, 0.6) is 0 Å². The molecule has 0 aliphatic carbocycles. The first-order valence-corrected chi connectivity index (χ1v) is 6.96. The van der Waals surface area contributed by atoms with Gasteiger partial charge >= 0.3 is 0 Å². The highest BCUT2D eigenvalue weighted by atomic mass is 32.2. The molecular weight excluding hydrogens is 256 g/mol. The van der Waals surface area contributed by atoms with Crippen LogP contribution in [0.3, 0.4) is 0 Å². The van der Waals surface area contributed by atoms with E-state index in [4.69, 9.17) is 4.74 Å². The predicted molar refractivity (Wildman–Crippen MR) is 71.0 cm³/mol. The molecule has 0 spiro atoms. The molecule has 1 aromatic carbocycles. The summed E-state index contributed by atoms with van der Waals surface area (Å²) < 4.78 is 31.3. The first-order chi connectivity index (χ1) is 8.67. The molecule has 0 saturated heterocycles. The second-order valence-electron chi connectivity index (χ2n) is 3.99. The van der Waals surface area contributed by atoms with Gasteiger partial charge in [0.1, 0.15) is 11.6 Å². The van der Waals surface area contributed by atoms with Crippen LogP contribution in [-0.2, 0) is 4.74 Å². The van der Waals surface area contributed by atoms with E-state index in [2.05, 4.69) is 12.2 Å². The molecule has 0 aliphatic rings. The van der Waals surface area contributed by atoms with E-state index in [9.17, 15) is 8.78 Å². The molecule has 0 heterocycles. The zero-order valence-corrected chi connectivity index (χ0v) is 11.5. The summed E-state index contributed by atoms with van der Waals surface area (Å²) in [5, 5.41) is 3.33. The van der Waals surface area contributed by atoms with Gasteiger partial charge in [0.05, 0.1) is 6.61 Å². The van der Waals surface area contributed by atoms with Gasteiger partial charge in [-0.1, -0.05) is 6.92 Å². The van der Waals surface area contributed by atoms with E-state index >= 15 is 0 Å². The van der Waals surface area contributed by atoms with Gasteiger partial charge in [0.25, 0.3) is 0 Å². The molecule has 0 aromatic heterocycles. The number of hydrogen-bond donors (Lipinski definition) is 1. The summed E-state index contributed by atoms with van der Waals surface area (Å²) >= 11 is 1.37. The largest absolute Gasteiger partial charge is 0.383 e. The predicted octanol–water partition coefficient (Wildman–Crippen LogP) is 3.07. The first-order valence-electron chi connectivity index (χ1n) is 5.97. The summed E-state index contributed by atoms with van der Waals surface area (Å²) in [5.74, 6) is -0.364. The zero-order valence-electron chi connectivity index (χ0n) is 10.7. The van der Waals surface area contributed by atoms with Crippen LogP contribution in [0, 0.1) is 11.6 Å². The molecule has 18 heavy (non-hydrogen) atoms. The van der Waals surface area contributed by atoms with Crippen molar-refractivity contribution in [3.8, 4) is 0 Å². The van der Waals surface area contributed by atoms with Crippen LogP contribution in [0.1, 0.15) is 13.3 Å². The fourth-order valence-electron chi connectivity index (χ4n) is 1.50. The van der Waals surface area contributed by atoms with Crippen molar-refractivity contribution in [1.29, 1.82) is 0 Å². The van der Waals surface area contributed by atoms with Crippen LogP contribution in [0.25, 0.3) is 0 Å². The highest BCUT2D eigenvalue weighted by Gasteiger charge is 2.10. The number of benzene rings is 1. The van der Waals surface area contributed by atoms with Crippen molar-refractivity contribution in [2.75, 3.05) is 26.0 Å². The van der Waals surface area contributed by atoms with Crippen molar-refractivity contribution in [2.45, 2.75) is 24.3 Å². The van der Waals surface area contributed by atoms with E-state index in [1.54, 1.807) is 7.11 Å². The van der Waals surface area contributed by atoms with Crippen molar-refractivity contribution in [2.24, 2.45) is 0 Å². The zero-order chi connectivity index (χ0) is 13.4. The summed E-state index contributed by atoms with van der Waals surface area (Å²) in [6.45, 7) is 3.57. The number of hydrogen-bond acceptors (Lipinski definition) is 3. The standard InChI is InChI=1S/C13H19F2NOS/c1-3-6-16-11(8-17-2)9-18-13-5-4-10(14)7-12(13)15/h4-5,7,11,16H,3,6,8-9H2,1-2H3. The molecule has 1 N–H and O–H groups in total. The lowest BCUT2D eigenvalue weighted by atomic mass is 10.3. The number of nitrogens with one attached hydrogen (secondary N) is 1. The molecule has 1 aromatic rings. The molecule has 0 fully saturated rings. The summed E-state index contributed by atoms with van der Waals surface area (Å²) in [6, 6.07) is 3.83. The molecule has 1 atom stereocenters. The topological polar surface area (TPSA) is 21.3 Å². The van der Waals surface area contributed by atoms with Crippen molar-refractivity contribution >= 4 is 11.8 Å². The summed E-state index contributed by atoms with van der Waals surface area (Å²) in [6.07, 6.45) is 1.04. The molecule has 0 aliphatic heterocycles. The third-order valence-electron chi connectivity index (χ3n) is 2.38. The summed E-state index contributed by atoms with van der Waals surface area (Å²) in [7, 11) is 1.64. The number of ether oxygens (including phenoxy) is 1. The Labute approximate surface area is 111 Å². The quantitative estimate of drug-likeness (QED) is 0.737. The van der Waals surface area contributed by atoms with Gasteiger partial charge in [-0.3, -0.25) is 0 Å². The monoisotopic (exact) mass is 275 g/mol. The van der Waals surface area contributed by atoms with Gasteiger partial charge in [0, 0.05) is 29.9 Å². The van der Waals surface area contributed by atoms with Crippen molar-refractivity contribution in [3.05, 3.63) is 29.8 Å². The number of thioether (sulfide) groups is 1. The Bertz CT molecular complexity index is 363. The number of rotatable bonds is 8. The Morgan fingerprint density at radius 2 is 2.17 bits per heavy atom. The summed E-state index contributed by atoms with van der Waals surface area (Å²) in [4.78, 5) is 0.468. The average Bonchev–Trinajstić information content (AvgIpc) is 2.34. The highest BCUT2D eigenvalue weighted by Crippen LogP contribution is 2.23. The fraction of sp³-hybridized carbons (Fsp3) is 0.538. The van der Waals surface area contributed by atoms with Crippen LogP contribution in [-0.4, -0.2) is 32.1 Å². The molecule has 0 radical (unpaired) electrons. The molecule has 2 nitrogen and oxygen atoms in total. The maximum absolute atomic E-state index is 13.4. The van der Waals surface area contributed by atoms with E-state index in [0.717, 1.165) is 19.0 Å². The lowest BCUT2D eigenvalue weighted by Crippen LogP contribution is -2.35. The Balaban J connectivity index is 2.49. The Morgan fingerprint density at radius 1 is 1.39 bits per heavy atom. The molecule has 0 saturated carbocycles. The molecule has 1 unspecified atom stereocenters. The number of halogens is 2. The summed E-state index contributed by atoms with van der Waals surface area (Å²) in [5.41, 5.74) is 0. The maximum Gasteiger partial charge on any atom is 0.139 e. The molecule has 0 bridgehead atoms. The van der Waals surface area contributed by atoms with Gasteiger partial charge in [0.15, 0.2) is 0 Å². The van der Waals surface area contributed by atoms with Crippen LogP contribution in [0.15, 0.2) is 23.1 Å². The molecule has 5 heteroatoms. The Hall–Kier alpha value is -0.650. The molecular formula is C13H19F2NOS. The van der Waals surface area contributed by atoms with E-state index in [1.165, 1.54) is 23.9 Å². The fourth-order valence-corrected chi connectivity index (χ4v) is 2.45. The molecule has 1 rings (SSSR count). The third kappa shape index (κ3) is 5.33. The minimum absolute atomic E-state index is 0.171. The third-order valence-corrected chi connectivity index (χ3v) is 3.60. The van der Waals surface area contributed by atoms with Gasteiger partial charge in [-0.05, 0) is 25.1 Å². The van der Waals surface area contributed by atoms with E-state index in [0.29, 0.717) is 17.3 Å². The van der Waals surface area contributed by atoms with Crippen molar-refractivity contribution in [1.82, 2.24) is 5.32 Å². The molecule has 0 amide bonds. The van der Waals surface area contributed by atoms with Crippen LogP contribution >= 0.6 is 11.8 Å². The normalized spacial score (nSPS) is 12.7. The second-order valence-corrected chi connectivity index (χ2v) is 5.05. The maximum atomic E-state index is 13.4. The number of methoxy groups -OCH3 is 1. The Morgan fingerprint density at radius 3 is 2.78 bits per heavy atom. The van der Waals surface area contributed by atoms with Crippen LogP contribution in [0.4, 0.5) is 8.78 Å². The van der Waals surface area contributed by atoms with Gasteiger partial charge in [-0.15, -0.1) is 11.8 Å². The smallest absolute Gasteiger partial charge is 0.139 e. The highest BCUT2D eigenvalue weighted by molar-refractivity contribution is 7.99. The van der Waals surface area contributed by atoms with Crippen LogP contribution < -0.4 is 5.32 Å². The minimum atomic E-state index is -0.547. The van der Waals surface area contributed by atoms with Gasteiger partial charge in [0.2, 0.25) is 0 Å². The van der Waals surface area contributed by atoms with Gasteiger partial charge < -0.3 is 10.1 Å². The van der Waals surface area contributed by atoms with Gasteiger partial charge in [-0.2, -0.15) is 0 Å². The van der Waals surface area contributed by atoms with E-state index in [1.807, 2.05) is 0 Å². The lowest BCUT2D eigenvalue weighted by molar-refractivity contribution is 0.174. The molecule has 102 valence electrons. The SMILES string of the molecule is CCCNC(COC)CSc1ccc(F)cc1F.